The number of ether oxygens (including phenoxy) is 1. The standard InChI is InChI=1S/C8H16N2O5S/c1-5(2)9-16(13,14)10-7-4-15-3-6(7)8(11)12/h5-7,9-10H,3-4H2,1-2H3,(H,11,12). The summed E-state index contributed by atoms with van der Waals surface area (Å²) in [5.74, 6) is -1.89. The predicted octanol–water partition coefficient (Wildman–Crippen LogP) is -1.08. The lowest BCUT2D eigenvalue weighted by Gasteiger charge is -2.17. The largest absolute Gasteiger partial charge is 0.481 e. The minimum atomic E-state index is -3.67. The van der Waals surface area contributed by atoms with E-state index in [2.05, 4.69) is 9.44 Å². The summed E-state index contributed by atoms with van der Waals surface area (Å²) in [6.45, 7) is 3.47. The Bertz CT molecular complexity index is 353. The zero-order valence-corrected chi connectivity index (χ0v) is 9.95. The Balaban J connectivity index is 2.63. The molecular formula is C8H16N2O5S. The Labute approximate surface area is 94.4 Å². The van der Waals surface area contributed by atoms with Gasteiger partial charge in [0.1, 0.15) is 0 Å². The number of carboxylic acid groups (broad SMARTS) is 1. The molecule has 0 saturated carbocycles. The van der Waals surface area contributed by atoms with Crippen LogP contribution >= 0.6 is 0 Å². The van der Waals surface area contributed by atoms with Gasteiger partial charge in [-0.25, -0.2) is 0 Å². The molecule has 2 unspecified atom stereocenters. The topological polar surface area (TPSA) is 105 Å². The lowest BCUT2D eigenvalue weighted by atomic mass is 10.1. The number of carbonyl (C=O) groups is 1. The molecule has 1 heterocycles. The van der Waals surface area contributed by atoms with Crippen molar-refractivity contribution in [3.05, 3.63) is 0 Å². The minimum Gasteiger partial charge on any atom is -0.481 e. The van der Waals surface area contributed by atoms with E-state index in [0.717, 1.165) is 0 Å². The molecule has 16 heavy (non-hydrogen) atoms. The van der Waals surface area contributed by atoms with E-state index in [1.165, 1.54) is 0 Å². The van der Waals surface area contributed by atoms with Gasteiger partial charge in [-0.1, -0.05) is 0 Å². The van der Waals surface area contributed by atoms with Crippen LogP contribution in [-0.2, 0) is 19.7 Å². The third-order valence-electron chi connectivity index (χ3n) is 2.10. The maximum absolute atomic E-state index is 11.5. The summed E-state index contributed by atoms with van der Waals surface area (Å²) in [6.07, 6.45) is 0. The summed E-state index contributed by atoms with van der Waals surface area (Å²) in [5, 5.41) is 8.83. The molecule has 0 spiro atoms. The molecule has 0 bridgehead atoms. The van der Waals surface area contributed by atoms with Gasteiger partial charge in [0.15, 0.2) is 0 Å². The second-order valence-corrected chi connectivity index (χ2v) is 5.46. The van der Waals surface area contributed by atoms with Gasteiger partial charge < -0.3 is 9.84 Å². The fraction of sp³-hybridized carbons (Fsp3) is 0.875. The van der Waals surface area contributed by atoms with E-state index in [4.69, 9.17) is 9.84 Å². The fourth-order valence-electron chi connectivity index (χ4n) is 1.46. The number of carboxylic acids is 1. The van der Waals surface area contributed by atoms with Gasteiger partial charge >= 0.3 is 5.97 Å². The Kier molecular flexibility index (Phi) is 4.25. The molecule has 94 valence electrons. The third kappa shape index (κ3) is 3.71. The zero-order chi connectivity index (χ0) is 12.3. The molecule has 0 radical (unpaired) electrons. The molecule has 1 saturated heterocycles. The van der Waals surface area contributed by atoms with Crippen LogP contribution in [0.4, 0.5) is 0 Å². The molecule has 0 amide bonds. The molecule has 1 fully saturated rings. The maximum Gasteiger partial charge on any atom is 0.310 e. The third-order valence-corrected chi connectivity index (χ3v) is 3.49. The van der Waals surface area contributed by atoms with Gasteiger partial charge in [0, 0.05) is 6.04 Å². The van der Waals surface area contributed by atoms with Gasteiger partial charge in [0.05, 0.1) is 25.2 Å². The van der Waals surface area contributed by atoms with E-state index in [-0.39, 0.29) is 19.3 Å². The lowest BCUT2D eigenvalue weighted by molar-refractivity contribution is -0.142. The first-order valence-corrected chi connectivity index (χ1v) is 6.40. The Morgan fingerprint density at radius 2 is 2.06 bits per heavy atom. The van der Waals surface area contributed by atoms with Crippen LogP contribution < -0.4 is 9.44 Å². The predicted molar refractivity (Wildman–Crippen MR) is 56.1 cm³/mol. The average molecular weight is 252 g/mol. The molecule has 0 aromatic heterocycles. The Morgan fingerprint density at radius 1 is 1.44 bits per heavy atom. The second-order valence-electron chi connectivity index (χ2n) is 3.98. The highest BCUT2D eigenvalue weighted by Crippen LogP contribution is 2.14. The summed E-state index contributed by atoms with van der Waals surface area (Å²) in [4.78, 5) is 10.8. The molecule has 3 N–H and O–H groups in total. The van der Waals surface area contributed by atoms with Crippen molar-refractivity contribution < 1.29 is 23.1 Å². The summed E-state index contributed by atoms with van der Waals surface area (Å²) in [6, 6.07) is -0.961. The van der Waals surface area contributed by atoms with E-state index in [1.54, 1.807) is 13.8 Å². The van der Waals surface area contributed by atoms with Crippen molar-refractivity contribution >= 4 is 16.2 Å². The highest BCUT2D eigenvalue weighted by Gasteiger charge is 2.36. The summed E-state index contributed by atoms with van der Waals surface area (Å²) in [7, 11) is -3.67. The van der Waals surface area contributed by atoms with Crippen LogP contribution in [0.5, 0.6) is 0 Å². The molecule has 0 aliphatic carbocycles. The lowest BCUT2D eigenvalue weighted by Crippen LogP contribution is -2.49. The zero-order valence-electron chi connectivity index (χ0n) is 9.13. The van der Waals surface area contributed by atoms with E-state index < -0.39 is 28.1 Å². The van der Waals surface area contributed by atoms with Crippen LogP contribution in [0.2, 0.25) is 0 Å². The van der Waals surface area contributed by atoms with Gasteiger partial charge in [0.25, 0.3) is 10.2 Å². The van der Waals surface area contributed by atoms with Crippen LogP contribution in [0.3, 0.4) is 0 Å². The molecule has 8 heteroatoms. The van der Waals surface area contributed by atoms with E-state index in [9.17, 15) is 13.2 Å². The summed E-state index contributed by atoms with van der Waals surface area (Å²) >= 11 is 0. The average Bonchev–Trinajstić information content (AvgIpc) is 2.48. The first kappa shape index (κ1) is 13.4. The highest BCUT2D eigenvalue weighted by molar-refractivity contribution is 7.87. The van der Waals surface area contributed by atoms with E-state index in [1.807, 2.05) is 0 Å². The summed E-state index contributed by atoms with van der Waals surface area (Å²) in [5.41, 5.74) is 0. The van der Waals surface area contributed by atoms with Crippen molar-refractivity contribution in [2.45, 2.75) is 25.9 Å². The van der Waals surface area contributed by atoms with Gasteiger partial charge in [0.2, 0.25) is 0 Å². The van der Waals surface area contributed by atoms with Crippen LogP contribution in [0, 0.1) is 5.92 Å². The number of aliphatic carboxylic acids is 1. The number of hydrogen-bond acceptors (Lipinski definition) is 4. The van der Waals surface area contributed by atoms with Gasteiger partial charge in [-0.3, -0.25) is 4.79 Å². The Morgan fingerprint density at radius 3 is 2.56 bits per heavy atom. The first-order chi connectivity index (χ1) is 7.32. The number of rotatable bonds is 5. The number of hydrogen-bond donors (Lipinski definition) is 3. The fourth-order valence-corrected chi connectivity index (χ4v) is 2.78. The molecule has 1 aliphatic heterocycles. The van der Waals surface area contributed by atoms with Gasteiger partial charge in [-0.15, -0.1) is 0 Å². The van der Waals surface area contributed by atoms with Gasteiger partial charge in [-0.05, 0) is 13.8 Å². The van der Waals surface area contributed by atoms with Crippen molar-refractivity contribution in [1.82, 2.24) is 9.44 Å². The van der Waals surface area contributed by atoms with Crippen molar-refractivity contribution in [1.29, 1.82) is 0 Å². The monoisotopic (exact) mass is 252 g/mol. The SMILES string of the molecule is CC(C)NS(=O)(=O)NC1COCC1C(=O)O. The summed E-state index contributed by atoms with van der Waals surface area (Å²) < 4.78 is 32.5. The van der Waals surface area contributed by atoms with E-state index >= 15 is 0 Å². The number of nitrogens with one attached hydrogen (secondary N) is 2. The quantitative estimate of drug-likeness (QED) is 0.577. The molecule has 0 aromatic carbocycles. The van der Waals surface area contributed by atoms with Crippen molar-refractivity contribution in [3.8, 4) is 0 Å². The molecule has 0 aromatic rings. The molecule has 1 rings (SSSR count). The highest BCUT2D eigenvalue weighted by atomic mass is 32.2. The van der Waals surface area contributed by atoms with Crippen molar-refractivity contribution in [2.75, 3.05) is 13.2 Å². The first-order valence-electron chi connectivity index (χ1n) is 4.92. The molecular weight excluding hydrogens is 236 g/mol. The molecule has 7 nitrogen and oxygen atoms in total. The normalized spacial score (nSPS) is 26.2. The second kappa shape index (κ2) is 5.09. The van der Waals surface area contributed by atoms with Crippen LogP contribution in [0.25, 0.3) is 0 Å². The Hall–Kier alpha value is -0.700. The minimum absolute atomic E-state index is 0.0319. The maximum atomic E-state index is 11.5. The van der Waals surface area contributed by atoms with Crippen LogP contribution in [0.15, 0.2) is 0 Å². The smallest absolute Gasteiger partial charge is 0.310 e. The van der Waals surface area contributed by atoms with Gasteiger partial charge in [-0.2, -0.15) is 17.9 Å². The molecule has 1 aliphatic rings. The molecule has 2 atom stereocenters. The van der Waals surface area contributed by atoms with Crippen LogP contribution in [-0.4, -0.2) is 44.8 Å². The van der Waals surface area contributed by atoms with Crippen molar-refractivity contribution in [2.24, 2.45) is 5.92 Å². The van der Waals surface area contributed by atoms with Crippen molar-refractivity contribution in [3.63, 3.8) is 0 Å². The van der Waals surface area contributed by atoms with E-state index in [0.29, 0.717) is 0 Å². The van der Waals surface area contributed by atoms with Crippen LogP contribution in [0.1, 0.15) is 13.8 Å².